The van der Waals surface area contributed by atoms with E-state index in [-0.39, 0.29) is 28.6 Å². The van der Waals surface area contributed by atoms with Crippen LogP contribution in [0.4, 0.5) is 0 Å². The highest BCUT2D eigenvalue weighted by molar-refractivity contribution is 7.99. The van der Waals surface area contributed by atoms with Crippen LogP contribution in [0.1, 0.15) is 21.5 Å². The molecule has 7 heteroatoms. The van der Waals surface area contributed by atoms with Crippen molar-refractivity contribution >= 4 is 17.7 Å². The largest absolute Gasteiger partial charge is 0.506 e. The van der Waals surface area contributed by atoms with Crippen LogP contribution in [0, 0.1) is 0 Å². The average Bonchev–Trinajstić information content (AvgIpc) is 2.85. The molecule has 6 nitrogen and oxygen atoms in total. The van der Waals surface area contributed by atoms with E-state index in [1.165, 1.54) is 23.9 Å². The van der Waals surface area contributed by atoms with E-state index < -0.39 is 11.6 Å². The molecule has 4 aromatic rings. The molecule has 0 aliphatic heterocycles. The Labute approximate surface area is 200 Å². The Kier molecular flexibility index (Phi) is 7.34. The molecule has 0 aliphatic carbocycles. The van der Waals surface area contributed by atoms with E-state index in [2.05, 4.69) is 0 Å². The molecule has 0 bridgehead atoms. The predicted molar refractivity (Wildman–Crippen MR) is 131 cm³/mol. The summed E-state index contributed by atoms with van der Waals surface area (Å²) in [5, 5.41) is 19.7. The SMILES string of the molecule is O=C(O)c1ccccc1COc1ccc(-c2cc(O)c(SCCc3ccccc3)c(=O)o2)cc1. The number of hydrogen-bond acceptors (Lipinski definition) is 6. The van der Waals surface area contributed by atoms with Crippen molar-refractivity contribution in [1.82, 2.24) is 0 Å². The van der Waals surface area contributed by atoms with Crippen molar-refractivity contribution in [2.24, 2.45) is 0 Å². The van der Waals surface area contributed by atoms with Gasteiger partial charge in [-0.15, -0.1) is 11.8 Å². The van der Waals surface area contributed by atoms with Gasteiger partial charge in [-0.3, -0.25) is 0 Å². The molecule has 0 spiro atoms. The van der Waals surface area contributed by atoms with Crippen LogP contribution in [0.15, 0.2) is 99.0 Å². The third kappa shape index (κ3) is 5.68. The monoisotopic (exact) mass is 474 g/mol. The zero-order valence-electron chi connectivity index (χ0n) is 18.1. The summed E-state index contributed by atoms with van der Waals surface area (Å²) in [5.74, 6) is 0.292. The first-order chi connectivity index (χ1) is 16.5. The summed E-state index contributed by atoms with van der Waals surface area (Å²) in [7, 11) is 0. The van der Waals surface area contributed by atoms with Crippen LogP contribution in [0.2, 0.25) is 0 Å². The maximum atomic E-state index is 12.5. The molecule has 0 atom stereocenters. The van der Waals surface area contributed by atoms with Gasteiger partial charge in [-0.05, 0) is 42.3 Å². The Hall–Kier alpha value is -3.97. The van der Waals surface area contributed by atoms with E-state index >= 15 is 0 Å². The number of carboxylic acid groups (broad SMARTS) is 1. The van der Waals surface area contributed by atoms with Crippen LogP contribution in [-0.2, 0) is 13.0 Å². The first kappa shape index (κ1) is 23.2. The van der Waals surface area contributed by atoms with E-state index in [0.717, 1.165) is 12.0 Å². The van der Waals surface area contributed by atoms with Crippen LogP contribution in [-0.4, -0.2) is 21.9 Å². The number of aryl methyl sites for hydroxylation is 1. The number of carbonyl (C=O) groups is 1. The molecule has 34 heavy (non-hydrogen) atoms. The molecule has 0 radical (unpaired) electrons. The Morgan fingerprint density at radius 3 is 2.35 bits per heavy atom. The van der Waals surface area contributed by atoms with Crippen LogP contribution in [0.25, 0.3) is 11.3 Å². The quantitative estimate of drug-likeness (QED) is 0.304. The predicted octanol–water partition coefficient (Wildman–Crippen LogP) is 5.62. The minimum absolute atomic E-state index is 0.104. The van der Waals surface area contributed by atoms with Gasteiger partial charge in [0.05, 0.1) is 5.56 Å². The lowest BCUT2D eigenvalue weighted by Crippen LogP contribution is -2.05. The van der Waals surface area contributed by atoms with E-state index in [1.54, 1.807) is 42.5 Å². The maximum Gasteiger partial charge on any atom is 0.353 e. The zero-order chi connectivity index (χ0) is 23.9. The number of thioether (sulfide) groups is 1. The highest BCUT2D eigenvalue weighted by Crippen LogP contribution is 2.31. The third-order valence-corrected chi connectivity index (χ3v) is 6.22. The van der Waals surface area contributed by atoms with E-state index in [4.69, 9.17) is 9.15 Å². The molecule has 0 aliphatic rings. The number of hydrogen-bond donors (Lipinski definition) is 2. The lowest BCUT2D eigenvalue weighted by atomic mass is 10.1. The molecule has 172 valence electrons. The van der Waals surface area contributed by atoms with Gasteiger partial charge in [0, 0.05) is 22.9 Å². The molecule has 4 rings (SSSR count). The van der Waals surface area contributed by atoms with Gasteiger partial charge in [-0.2, -0.15) is 0 Å². The van der Waals surface area contributed by atoms with Crippen molar-refractivity contribution in [2.75, 3.05) is 5.75 Å². The van der Waals surface area contributed by atoms with Crippen LogP contribution >= 0.6 is 11.8 Å². The minimum Gasteiger partial charge on any atom is -0.506 e. The van der Waals surface area contributed by atoms with Gasteiger partial charge in [0.25, 0.3) is 0 Å². The normalized spacial score (nSPS) is 10.7. The summed E-state index contributed by atoms with van der Waals surface area (Å²) in [6.07, 6.45) is 0.768. The second-order valence-electron chi connectivity index (χ2n) is 7.47. The molecule has 2 N–H and O–H groups in total. The summed E-state index contributed by atoms with van der Waals surface area (Å²) < 4.78 is 11.2. The van der Waals surface area contributed by atoms with Gasteiger partial charge in [0.15, 0.2) is 0 Å². The standard InChI is InChI=1S/C27H22O6S/c28-23-16-24(33-27(31)25(23)34-15-14-18-6-2-1-3-7-18)19-10-12-21(13-11-19)32-17-20-8-4-5-9-22(20)26(29)30/h1-13,16,28H,14-15,17H2,(H,29,30). The fraction of sp³-hybridized carbons (Fsp3) is 0.111. The summed E-state index contributed by atoms with van der Waals surface area (Å²) >= 11 is 1.26. The van der Waals surface area contributed by atoms with E-state index in [1.807, 2.05) is 30.3 Å². The Morgan fingerprint density at radius 1 is 0.941 bits per heavy atom. The van der Waals surface area contributed by atoms with Crippen molar-refractivity contribution in [3.8, 4) is 22.8 Å². The molecule has 0 amide bonds. The number of aromatic carboxylic acids is 1. The topological polar surface area (TPSA) is 97.0 Å². The maximum absolute atomic E-state index is 12.5. The second-order valence-corrected chi connectivity index (χ2v) is 8.58. The molecular weight excluding hydrogens is 452 g/mol. The van der Waals surface area contributed by atoms with Gasteiger partial charge in [-0.25, -0.2) is 9.59 Å². The summed E-state index contributed by atoms with van der Waals surface area (Å²) in [4.78, 5) is 24.0. The second kappa shape index (κ2) is 10.8. The number of ether oxygens (including phenoxy) is 1. The fourth-order valence-corrected chi connectivity index (χ4v) is 4.30. The highest BCUT2D eigenvalue weighted by atomic mass is 32.2. The summed E-state index contributed by atoms with van der Waals surface area (Å²) in [6.45, 7) is 0.104. The van der Waals surface area contributed by atoms with Crippen molar-refractivity contribution in [3.05, 3.63) is 112 Å². The minimum atomic E-state index is -1.01. The van der Waals surface area contributed by atoms with Crippen LogP contribution < -0.4 is 10.4 Å². The lowest BCUT2D eigenvalue weighted by molar-refractivity contribution is 0.0694. The highest BCUT2D eigenvalue weighted by Gasteiger charge is 2.14. The molecule has 3 aromatic carbocycles. The first-order valence-electron chi connectivity index (χ1n) is 10.6. The summed E-state index contributed by atoms with van der Waals surface area (Å²) in [5.41, 5.74) is 1.93. The van der Waals surface area contributed by atoms with Gasteiger partial charge >= 0.3 is 11.6 Å². The zero-order valence-corrected chi connectivity index (χ0v) is 19.0. The summed E-state index contributed by atoms with van der Waals surface area (Å²) in [6, 6.07) is 24.8. The van der Waals surface area contributed by atoms with Crippen molar-refractivity contribution in [2.45, 2.75) is 17.9 Å². The molecule has 1 heterocycles. The fourth-order valence-electron chi connectivity index (χ4n) is 3.39. The number of rotatable bonds is 9. The van der Waals surface area contributed by atoms with Crippen molar-refractivity contribution in [3.63, 3.8) is 0 Å². The Balaban J connectivity index is 1.41. The molecular formula is C27H22O6S. The average molecular weight is 475 g/mol. The van der Waals surface area contributed by atoms with Crippen molar-refractivity contribution in [1.29, 1.82) is 0 Å². The molecule has 1 aromatic heterocycles. The molecule has 0 fully saturated rings. The van der Waals surface area contributed by atoms with Crippen molar-refractivity contribution < 1.29 is 24.2 Å². The number of aromatic hydroxyl groups is 1. The van der Waals surface area contributed by atoms with Crippen LogP contribution in [0.3, 0.4) is 0 Å². The van der Waals surface area contributed by atoms with Gasteiger partial charge < -0.3 is 19.4 Å². The third-order valence-electron chi connectivity index (χ3n) is 5.15. The van der Waals surface area contributed by atoms with Gasteiger partial charge in [0.2, 0.25) is 0 Å². The lowest BCUT2D eigenvalue weighted by Gasteiger charge is -2.10. The Bertz CT molecular complexity index is 1330. The first-order valence-corrected chi connectivity index (χ1v) is 11.6. The van der Waals surface area contributed by atoms with Gasteiger partial charge in [0.1, 0.15) is 28.8 Å². The Morgan fingerprint density at radius 2 is 1.65 bits per heavy atom. The van der Waals surface area contributed by atoms with Gasteiger partial charge in [-0.1, -0.05) is 48.5 Å². The van der Waals surface area contributed by atoms with Crippen LogP contribution in [0.5, 0.6) is 11.5 Å². The molecule has 0 saturated carbocycles. The van der Waals surface area contributed by atoms with E-state index in [0.29, 0.717) is 22.6 Å². The smallest absolute Gasteiger partial charge is 0.353 e. The van der Waals surface area contributed by atoms with E-state index in [9.17, 15) is 19.8 Å². The molecule has 0 unspecified atom stereocenters. The number of carboxylic acids is 1. The number of benzene rings is 3. The molecule has 0 saturated heterocycles.